The Labute approximate surface area is 127 Å². The van der Waals surface area contributed by atoms with Gasteiger partial charge in [-0.25, -0.2) is 0 Å². The van der Waals surface area contributed by atoms with Crippen LogP contribution in [0.5, 0.6) is 5.75 Å². The summed E-state index contributed by atoms with van der Waals surface area (Å²) in [4.78, 5) is 11.8. The van der Waals surface area contributed by atoms with Crippen LogP contribution in [0.15, 0.2) is 36.7 Å². The van der Waals surface area contributed by atoms with Crippen molar-refractivity contribution in [3.8, 4) is 5.75 Å². The summed E-state index contributed by atoms with van der Waals surface area (Å²) in [5.74, 6) is 0.209. The van der Waals surface area contributed by atoms with Gasteiger partial charge < -0.3 is 15.2 Å². The number of aliphatic hydroxyl groups is 1. The third kappa shape index (κ3) is 4.21. The van der Waals surface area contributed by atoms with Gasteiger partial charge in [0.15, 0.2) is 6.10 Å². The lowest BCUT2D eigenvalue weighted by atomic mass is 10.1. The molecule has 2 rings (SSSR count). The van der Waals surface area contributed by atoms with Crippen molar-refractivity contribution in [3.63, 3.8) is 0 Å². The minimum Gasteiger partial charge on any atom is -0.497 e. The minimum atomic E-state index is -1.21. The normalized spacial score (nSPS) is 12.0. The minimum absolute atomic E-state index is 0.351. The SMILES string of the molecule is COc1ccc([C@H](O)C(=O)NCCn2cc(Cl)cn2)cc1. The van der Waals surface area contributed by atoms with E-state index < -0.39 is 12.0 Å². The van der Waals surface area contributed by atoms with Crippen molar-refractivity contribution in [2.45, 2.75) is 12.6 Å². The summed E-state index contributed by atoms with van der Waals surface area (Å²) >= 11 is 5.74. The molecule has 112 valence electrons. The molecule has 2 aromatic rings. The first-order valence-electron chi connectivity index (χ1n) is 6.38. The Morgan fingerprint density at radius 2 is 2.19 bits per heavy atom. The van der Waals surface area contributed by atoms with Gasteiger partial charge in [0.2, 0.25) is 0 Å². The van der Waals surface area contributed by atoms with Gasteiger partial charge in [-0.05, 0) is 17.7 Å². The number of benzene rings is 1. The molecule has 0 fully saturated rings. The van der Waals surface area contributed by atoms with E-state index >= 15 is 0 Å². The first-order chi connectivity index (χ1) is 10.1. The molecular weight excluding hydrogens is 294 g/mol. The highest BCUT2D eigenvalue weighted by molar-refractivity contribution is 6.30. The number of hydrogen-bond donors (Lipinski definition) is 2. The zero-order chi connectivity index (χ0) is 15.2. The third-order valence-corrected chi connectivity index (χ3v) is 3.12. The number of carbonyl (C=O) groups excluding carboxylic acids is 1. The summed E-state index contributed by atoms with van der Waals surface area (Å²) in [5.41, 5.74) is 0.510. The fourth-order valence-corrected chi connectivity index (χ4v) is 1.94. The Hall–Kier alpha value is -2.05. The van der Waals surface area contributed by atoms with E-state index in [1.807, 2.05) is 0 Å². The number of carbonyl (C=O) groups is 1. The van der Waals surface area contributed by atoms with E-state index in [0.29, 0.717) is 29.4 Å². The molecule has 1 atom stereocenters. The van der Waals surface area contributed by atoms with E-state index in [2.05, 4.69) is 10.4 Å². The van der Waals surface area contributed by atoms with Gasteiger partial charge in [-0.1, -0.05) is 23.7 Å². The van der Waals surface area contributed by atoms with Crippen molar-refractivity contribution in [3.05, 3.63) is 47.2 Å². The molecule has 0 aliphatic rings. The summed E-state index contributed by atoms with van der Waals surface area (Å²) in [6.45, 7) is 0.831. The molecule has 0 saturated heterocycles. The highest BCUT2D eigenvalue weighted by atomic mass is 35.5. The molecule has 0 unspecified atom stereocenters. The first kappa shape index (κ1) is 15.3. The molecule has 0 bridgehead atoms. The molecule has 1 heterocycles. The summed E-state index contributed by atoms with van der Waals surface area (Å²) in [6, 6.07) is 6.68. The fraction of sp³-hybridized carbons (Fsp3) is 0.286. The number of amides is 1. The van der Waals surface area contributed by atoms with Gasteiger partial charge >= 0.3 is 0 Å². The molecule has 1 aromatic carbocycles. The number of halogens is 1. The van der Waals surface area contributed by atoms with Crippen LogP contribution < -0.4 is 10.1 Å². The third-order valence-electron chi connectivity index (χ3n) is 2.92. The number of methoxy groups -OCH3 is 1. The lowest BCUT2D eigenvalue weighted by molar-refractivity contribution is -0.129. The van der Waals surface area contributed by atoms with E-state index in [1.54, 1.807) is 42.3 Å². The van der Waals surface area contributed by atoms with Gasteiger partial charge in [-0.2, -0.15) is 5.10 Å². The number of rotatable bonds is 6. The van der Waals surface area contributed by atoms with Gasteiger partial charge in [-0.15, -0.1) is 0 Å². The lowest BCUT2D eigenvalue weighted by Gasteiger charge is -2.12. The second-order valence-electron chi connectivity index (χ2n) is 4.39. The molecule has 0 aliphatic carbocycles. The van der Waals surface area contributed by atoms with Crippen LogP contribution in [0.2, 0.25) is 5.02 Å². The molecule has 7 heteroatoms. The van der Waals surface area contributed by atoms with Gasteiger partial charge in [0.05, 0.1) is 24.9 Å². The molecule has 0 radical (unpaired) electrons. The van der Waals surface area contributed by atoms with Crippen molar-refractivity contribution >= 4 is 17.5 Å². The monoisotopic (exact) mass is 309 g/mol. The Morgan fingerprint density at radius 3 is 2.76 bits per heavy atom. The molecule has 6 nitrogen and oxygen atoms in total. The maximum atomic E-state index is 11.8. The molecule has 1 amide bonds. The standard InChI is InChI=1S/C14H16ClN3O3/c1-21-12-4-2-10(3-5-12)13(19)14(20)16-6-7-18-9-11(15)8-17-18/h2-5,8-9,13,19H,6-7H2,1H3,(H,16,20)/t13-/m0/s1. The average Bonchev–Trinajstić information content (AvgIpc) is 2.92. The largest absolute Gasteiger partial charge is 0.497 e. The highest BCUT2D eigenvalue weighted by Gasteiger charge is 2.16. The predicted molar refractivity (Wildman–Crippen MR) is 78.2 cm³/mol. The smallest absolute Gasteiger partial charge is 0.253 e. The fourth-order valence-electron chi connectivity index (χ4n) is 1.79. The van der Waals surface area contributed by atoms with Crippen LogP contribution in [0, 0.1) is 0 Å². The molecule has 0 saturated carbocycles. The zero-order valence-electron chi connectivity index (χ0n) is 11.5. The molecule has 2 N–H and O–H groups in total. The number of aromatic nitrogens is 2. The maximum Gasteiger partial charge on any atom is 0.253 e. The Bertz CT molecular complexity index is 598. The van der Waals surface area contributed by atoms with Crippen LogP contribution in [0.1, 0.15) is 11.7 Å². The first-order valence-corrected chi connectivity index (χ1v) is 6.75. The summed E-state index contributed by atoms with van der Waals surface area (Å²) in [5, 5.41) is 17.1. The van der Waals surface area contributed by atoms with Crippen LogP contribution in [-0.4, -0.2) is 34.4 Å². The van der Waals surface area contributed by atoms with E-state index in [4.69, 9.17) is 16.3 Å². The van der Waals surface area contributed by atoms with Crippen molar-refractivity contribution in [1.82, 2.24) is 15.1 Å². The number of nitrogens with zero attached hydrogens (tertiary/aromatic N) is 2. The summed E-state index contributed by atoms with van der Waals surface area (Å²) in [6.07, 6.45) is 1.97. The predicted octanol–water partition coefficient (Wildman–Crippen LogP) is 1.39. The lowest BCUT2D eigenvalue weighted by Crippen LogP contribution is -2.32. The van der Waals surface area contributed by atoms with Gasteiger partial charge in [-0.3, -0.25) is 9.48 Å². The van der Waals surface area contributed by atoms with E-state index in [9.17, 15) is 9.90 Å². The van der Waals surface area contributed by atoms with Crippen LogP contribution in [-0.2, 0) is 11.3 Å². The Kier molecular flexibility index (Phi) is 5.19. The Morgan fingerprint density at radius 1 is 1.48 bits per heavy atom. The number of hydrogen-bond acceptors (Lipinski definition) is 4. The highest BCUT2D eigenvalue weighted by Crippen LogP contribution is 2.17. The average molecular weight is 310 g/mol. The zero-order valence-corrected chi connectivity index (χ0v) is 12.2. The number of aliphatic hydroxyl groups excluding tert-OH is 1. The molecule has 1 aromatic heterocycles. The van der Waals surface area contributed by atoms with Gasteiger partial charge in [0.25, 0.3) is 5.91 Å². The number of ether oxygens (including phenoxy) is 1. The van der Waals surface area contributed by atoms with Crippen LogP contribution in [0.4, 0.5) is 0 Å². The quantitative estimate of drug-likeness (QED) is 0.845. The number of nitrogens with one attached hydrogen (secondary N) is 1. The van der Waals surface area contributed by atoms with Crippen LogP contribution in [0.3, 0.4) is 0 Å². The molecule has 21 heavy (non-hydrogen) atoms. The van der Waals surface area contributed by atoms with E-state index in [0.717, 1.165) is 0 Å². The van der Waals surface area contributed by atoms with Gasteiger partial charge in [0.1, 0.15) is 5.75 Å². The van der Waals surface area contributed by atoms with Crippen molar-refractivity contribution in [2.24, 2.45) is 0 Å². The topological polar surface area (TPSA) is 76.4 Å². The van der Waals surface area contributed by atoms with Gasteiger partial charge in [0, 0.05) is 12.7 Å². The second-order valence-corrected chi connectivity index (χ2v) is 4.82. The van der Waals surface area contributed by atoms with Crippen molar-refractivity contribution in [2.75, 3.05) is 13.7 Å². The molecule has 0 spiro atoms. The molecule has 0 aliphatic heterocycles. The van der Waals surface area contributed by atoms with E-state index in [1.165, 1.54) is 6.20 Å². The summed E-state index contributed by atoms with van der Waals surface area (Å²) in [7, 11) is 1.56. The summed E-state index contributed by atoms with van der Waals surface area (Å²) < 4.78 is 6.64. The van der Waals surface area contributed by atoms with Crippen LogP contribution in [0.25, 0.3) is 0 Å². The van der Waals surface area contributed by atoms with Crippen LogP contribution >= 0.6 is 11.6 Å². The maximum absolute atomic E-state index is 11.8. The molecular formula is C14H16ClN3O3. The second kappa shape index (κ2) is 7.10. The van der Waals surface area contributed by atoms with Crippen molar-refractivity contribution < 1.29 is 14.6 Å². The Balaban J connectivity index is 1.84. The van der Waals surface area contributed by atoms with Crippen molar-refractivity contribution in [1.29, 1.82) is 0 Å². The van der Waals surface area contributed by atoms with E-state index in [-0.39, 0.29) is 0 Å².